The first-order chi connectivity index (χ1) is 10.7. The van der Waals surface area contributed by atoms with E-state index in [-0.39, 0.29) is 5.91 Å². The fraction of sp³-hybridized carbons (Fsp3) is 0.611. The maximum Gasteiger partial charge on any atom is 0.222 e. The van der Waals surface area contributed by atoms with Crippen molar-refractivity contribution in [2.45, 2.75) is 44.6 Å². The van der Waals surface area contributed by atoms with Crippen LogP contribution in [-0.2, 0) is 16.0 Å². The molecule has 2 rings (SSSR count). The van der Waals surface area contributed by atoms with E-state index in [4.69, 9.17) is 9.47 Å². The van der Waals surface area contributed by atoms with Crippen molar-refractivity contribution in [1.82, 2.24) is 4.90 Å². The summed E-state index contributed by atoms with van der Waals surface area (Å²) in [6, 6.07) is 7.90. The fourth-order valence-electron chi connectivity index (χ4n) is 2.73. The second-order valence-electron chi connectivity index (χ2n) is 5.94. The third-order valence-electron chi connectivity index (χ3n) is 4.27. The molecule has 1 aliphatic rings. The quantitative estimate of drug-likeness (QED) is 0.777. The summed E-state index contributed by atoms with van der Waals surface area (Å²) in [5, 5.41) is 0. The Morgan fingerprint density at radius 3 is 2.73 bits per heavy atom. The van der Waals surface area contributed by atoms with Crippen molar-refractivity contribution in [3.8, 4) is 5.75 Å². The van der Waals surface area contributed by atoms with Crippen LogP contribution in [0.5, 0.6) is 5.75 Å². The fourth-order valence-corrected chi connectivity index (χ4v) is 2.73. The highest BCUT2D eigenvalue weighted by atomic mass is 16.5. The van der Waals surface area contributed by atoms with Crippen LogP contribution in [0.4, 0.5) is 0 Å². The van der Waals surface area contributed by atoms with E-state index in [1.54, 1.807) is 7.11 Å². The average molecular weight is 305 g/mol. The average Bonchev–Trinajstić information content (AvgIpc) is 2.58. The molecule has 0 aliphatic carbocycles. The highest BCUT2D eigenvalue weighted by Crippen LogP contribution is 2.16. The van der Waals surface area contributed by atoms with E-state index < -0.39 is 0 Å². The maximum atomic E-state index is 12.2. The lowest BCUT2D eigenvalue weighted by atomic mass is 10.1. The van der Waals surface area contributed by atoms with Gasteiger partial charge >= 0.3 is 0 Å². The van der Waals surface area contributed by atoms with E-state index in [1.807, 2.05) is 36.2 Å². The summed E-state index contributed by atoms with van der Waals surface area (Å²) in [6.45, 7) is 1.66. The molecule has 0 aromatic heterocycles. The molecular weight excluding hydrogens is 278 g/mol. The number of nitrogens with zero attached hydrogens (tertiary/aromatic N) is 1. The van der Waals surface area contributed by atoms with Gasteiger partial charge in [0, 0.05) is 26.6 Å². The number of carbonyl (C=O) groups excluding carboxylic acids is 1. The summed E-state index contributed by atoms with van der Waals surface area (Å²) in [7, 11) is 3.54. The normalized spacial score (nSPS) is 18.0. The van der Waals surface area contributed by atoms with Crippen molar-refractivity contribution in [2.75, 3.05) is 27.3 Å². The van der Waals surface area contributed by atoms with Gasteiger partial charge in [-0.3, -0.25) is 4.79 Å². The van der Waals surface area contributed by atoms with Crippen molar-refractivity contribution >= 4 is 5.91 Å². The molecule has 1 saturated heterocycles. The third kappa shape index (κ3) is 5.34. The predicted molar refractivity (Wildman–Crippen MR) is 87.2 cm³/mol. The minimum atomic E-state index is 0.201. The summed E-state index contributed by atoms with van der Waals surface area (Å²) in [4.78, 5) is 14.0. The highest BCUT2D eigenvalue weighted by Gasteiger charge is 2.16. The molecule has 0 spiro atoms. The van der Waals surface area contributed by atoms with E-state index in [0.29, 0.717) is 12.5 Å². The van der Waals surface area contributed by atoms with Crippen LogP contribution in [0, 0.1) is 0 Å². The van der Waals surface area contributed by atoms with Crippen LogP contribution in [0.2, 0.25) is 0 Å². The van der Waals surface area contributed by atoms with Gasteiger partial charge in [0.15, 0.2) is 0 Å². The Bertz CT molecular complexity index is 452. The van der Waals surface area contributed by atoms with Crippen molar-refractivity contribution in [3.63, 3.8) is 0 Å². The largest absolute Gasteiger partial charge is 0.497 e. The van der Waals surface area contributed by atoms with E-state index in [1.165, 1.54) is 12.8 Å². The number of methoxy groups -OCH3 is 1. The van der Waals surface area contributed by atoms with E-state index in [9.17, 15) is 4.79 Å². The molecule has 0 bridgehead atoms. The van der Waals surface area contributed by atoms with Crippen LogP contribution in [-0.4, -0.2) is 44.2 Å². The first-order valence-electron chi connectivity index (χ1n) is 8.17. The van der Waals surface area contributed by atoms with E-state index in [2.05, 4.69) is 0 Å². The van der Waals surface area contributed by atoms with Crippen LogP contribution in [0.15, 0.2) is 24.3 Å². The Kier molecular flexibility index (Phi) is 6.72. The molecule has 4 nitrogen and oxygen atoms in total. The second-order valence-corrected chi connectivity index (χ2v) is 5.94. The lowest BCUT2D eigenvalue weighted by Gasteiger charge is -2.25. The standard InChI is InChI=1S/C18H27NO3/c1-19(13-12-17-5-3-4-14-22-17)18(20)11-8-15-6-9-16(21-2)10-7-15/h6-7,9-10,17H,3-5,8,11-14H2,1-2H3. The Hall–Kier alpha value is -1.55. The molecule has 1 aromatic carbocycles. The van der Waals surface area contributed by atoms with Crippen LogP contribution in [0.3, 0.4) is 0 Å². The zero-order valence-corrected chi connectivity index (χ0v) is 13.7. The minimum Gasteiger partial charge on any atom is -0.497 e. The van der Waals surface area contributed by atoms with Gasteiger partial charge in [0.05, 0.1) is 13.2 Å². The summed E-state index contributed by atoms with van der Waals surface area (Å²) < 4.78 is 10.8. The Labute approximate surface area is 133 Å². The number of rotatable bonds is 7. The molecule has 1 aromatic rings. The number of ether oxygens (including phenoxy) is 2. The molecule has 1 fully saturated rings. The lowest BCUT2D eigenvalue weighted by molar-refractivity contribution is -0.130. The van der Waals surface area contributed by atoms with Crippen LogP contribution >= 0.6 is 0 Å². The molecule has 1 amide bonds. The van der Waals surface area contributed by atoms with Crippen LogP contribution < -0.4 is 4.74 Å². The summed E-state index contributed by atoms with van der Waals surface area (Å²) in [5.41, 5.74) is 1.16. The highest BCUT2D eigenvalue weighted by molar-refractivity contribution is 5.76. The molecule has 1 heterocycles. The molecule has 1 atom stereocenters. The zero-order valence-electron chi connectivity index (χ0n) is 13.7. The van der Waals surface area contributed by atoms with Crippen LogP contribution in [0.1, 0.15) is 37.7 Å². The van der Waals surface area contributed by atoms with Crippen molar-refractivity contribution in [2.24, 2.45) is 0 Å². The summed E-state index contributed by atoms with van der Waals surface area (Å²) in [5.74, 6) is 1.05. The number of hydrogen-bond acceptors (Lipinski definition) is 3. The van der Waals surface area contributed by atoms with E-state index >= 15 is 0 Å². The number of aryl methyl sites for hydroxylation is 1. The van der Waals surface area contributed by atoms with Gasteiger partial charge in [0.25, 0.3) is 0 Å². The summed E-state index contributed by atoms with van der Waals surface area (Å²) in [6.07, 6.45) is 6.16. The van der Waals surface area contributed by atoms with Gasteiger partial charge in [-0.25, -0.2) is 0 Å². The number of amides is 1. The Morgan fingerprint density at radius 1 is 1.32 bits per heavy atom. The Balaban J connectivity index is 1.68. The predicted octanol–water partition coefficient (Wildman–Crippen LogP) is 3.05. The number of benzene rings is 1. The van der Waals surface area contributed by atoms with Gasteiger partial charge < -0.3 is 14.4 Å². The zero-order chi connectivity index (χ0) is 15.8. The molecule has 0 N–H and O–H groups in total. The van der Waals surface area contributed by atoms with Crippen LogP contribution in [0.25, 0.3) is 0 Å². The SMILES string of the molecule is COc1ccc(CCC(=O)N(C)CCC2CCCCO2)cc1. The molecule has 22 heavy (non-hydrogen) atoms. The molecule has 0 radical (unpaired) electrons. The van der Waals surface area contributed by atoms with Gasteiger partial charge in [0.1, 0.15) is 5.75 Å². The minimum absolute atomic E-state index is 0.201. The van der Waals surface area contributed by atoms with Gasteiger partial charge in [-0.05, 0) is 49.8 Å². The molecule has 122 valence electrons. The van der Waals surface area contributed by atoms with Gasteiger partial charge in [0.2, 0.25) is 5.91 Å². The molecule has 1 aliphatic heterocycles. The third-order valence-corrected chi connectivity index (χ3v) is 4.27. The lowest BCUT2D eigenvalue weighted by Crippen LogP contribution is -2.31. The van der Waals surface area contributed by atoms with Gasteiger partial charge in [-0.1, -0.05) is 12.1 Å². The first-order valence-corrected chi connectivity index (χ1v) is 8.17. The van der Waals surface area contributed by atoms with Crippen molar-refractivity contribution in [1.29, 1.82) is 0 Å². The second kappa shape index (κ2) is 8.79. The number of hydrogen-bond donors (Lipinski definition) is 0. The summed E-state index contributed by atoms with van der Waals surface area (Å²) >= 11 is 0. The first kappa shape index (κ1) is 16.8. The van der Waals surface area contributed by atoms with Gasteiger partial charge in [-0.15, -0.1) is 0 Å². The van der Waals surface area contributed by atoms with Crippen molar-refractivity contribution < 1.29 is 14.3 Å². The topological polar surface area (TPSA) is 38.8 Å². The molecule has 4 heteroatoms. The van der Waals surface area contributed by atoms with Crippen molar-refractivity contribution in [3.05, 3.63) is 29.8 Å². The molecule has 0 saturated carbocycles. The maximum absolute atomic E-state index is 12.2. The Morgan fingerprint density at radius 2 is 2.09 bits per heavy atom. The van der Waals surface area contributed by atoms with E-state index in [0.717, 1.165) is 43.7 Å². The molecule has 1 unspecified atom stereocenters. The number of carbonyl (C=O) groups is 1. The van der Waals surface area contributed by atoms with Gasteiger partial charge in [-0.2, -0.15) is 0 Å². The monoisotopic (exact) mass is 305 g/mol. The smallest absolute Gasteiger partial charge is 0.222 e. The molecular formula is C18H27NO3.